The maximum atomic E-state index is 12.0. The van der Waals surface area contributed by atoms with Gasteiger partial charge in [0.15, 0.2) is 0 Å². The number of nitrogens with two attached hydrogens (primary N) is 1. The van der Waals surface area contributed by atoms with Gasteiger partial charge < -0.3 is 15.7 Å². The summed E-state index contributed by atoms with van der Waals surface area (Å²) in [6.45, 7) is 2.12. The molecule has 0 aliphatic heterocycles. The topological polar surface area (TPSA) is 79.5 Å². The molecule has 0 saturated carbocycles. The van der Waals surface area contributed by atoms with Crippen molar-refractivity contribution in [2.24, 2.45) is 0 Å². The Kier molecular flexibility index (Phi) is 4.72. The highest BCUT2D eigenvalue weighted by Crippen LogP contribution is 2.17. The quantitative estimate of drug-likeness (QED) is 0.794. The van der Waals surface area contributed by atoms with Crippen LogP contribution in [0, 0.1) is 0 Å². The first-order valence-corrected chi connectivity index (χ1v) is 5.64. The zero-order chi connectivity index (χ0) is 13.0. The first kappa shape index (κ1) is 13.7. The van der Waals surface area contributed by atoms with Gasteiger partial charge in [0.05, 0.1) is 23.6 Å². The van der Waals surface area contributed by atoms with Gasteiger partial charge in [-0.1, -0.05) is 11.6 Å². The van der Waals surface area contributed by atoms with Crippen LogP contribution in [0.4, 0.5) is 5.69 Å². The molecule has 1 unspecified atom stereocenters. The third-order valence-corrected chi connectivity index (χ3v) is 2.62. The lowest BCUT2D eigenvalue weighted by Gasteiger charge is -2.18. The predicted octanol–water partition coefficient (Wildman–Crippen LogP) is 1.16. The van der Waals surface area contributed by atoms with Crippen molar-refractivity contribution < 1.29 is 9.90 Å². The first-order valence-electron chi connectivity index (χ1n) is 5.26. The number of hydrogen-bond acceptors (Lipinski definition) is 4. The van der Waals surface area contributed by atoms with E-state index in [2.05, 4.69) is 4.98 Å². The summed E-state index contributed by atoms with van der Waals surface area (Å²) >= 11 is 5.83. The monoisotopic (exact) mass is 257 g/mol. The number of carbonyl (C=O) groups excluding carboxylic acids is 1. The van der Waals surface area contributed by atoms with Gasteiger partial charge in [0.2, 0.25) is 0 Å². The summed E-state index contributed by atoms with van der Waals surface area (Å²) in [6.07, 6.45) is 1.46. The molecule has 0 fully saturated rings. The average molecular weight is 258 g/mol. The minimum Gasteiger partial charge on any atom is -0.397 e. The zero-order valence-electron chi connectivity index (χ0n) is 9.85. The molecule has 1 amide bonds. The number of carbonyl (C=O) groups is 1. The largest absolute Gasteiger partial charge is 0.397 e. The molecule has 1 atom stereocenters. The van der Waals surface area contributed by atoms with Crippen molar-refractivity contribution >= 4 is 23.2 Å². The number of nitrogens with zero attached hydrogens (tertiary/aromatic N) is 2. The smallest absolute Gasteiger partial charge is 0.256 e. The van der Waals surface area contributed by atoms with Crippen LogP contribution in [0.5, 0.6) is 0 Å². The second kappa shape index (κ2) is 5.84. The van der Waals surface area contributed by atoms with Gasteiger partial charge in [-0.3, -0.25) is 4.79 Å². The lowest BCUT2D eigenvalue weighted by Crippen LogP contribution is -2.29. The molecule has 0 radical (unpaired) electrons. The van der Waals surface area contributed by atoms with Crippen molar-refractivity contribution in [3.63, 3.8) is 0 Å². The van der Waals surface area contributed by atoms with Gasteiger partial charge in [0, 0.05) is 13.6 Å². The molecular weight excluding hydrogens is 242 g/mol. The number of anilines is 1. The van der Waals surface area contributed by atoms with Crippen molar-refractivity contribution in [1.82, 2.24) is 9.88 Å². The maximum Gasteiger partial charge on any atom is 0.256 e. The highest BCUT2D eigenvalue weighted by Gasteiger charge is 2.16. The van der Waals surface area contributed by atoms with Crippen molar-refractivity contribution in [1.29, 1.82) is 0 Å². The molecule has 0 aliphatic carbocycles. The van der Waals surface area contributed by atoms with Gasteiger partial charge >= 0.3 is 0 Å². The van der Waals surface area contributed by atoms with Crippen LogP contribution in [-0.4, -0.2) is 40.6 Å². The number of rotatable bonds is 4. The molecule has 6 heteroatoms. The molecule has 0 spiro atoms. The third kappa shape index (κ3) is 3.87. The van der Waals surface area contributed by atoms with E-state index in [1.165, 1.54) is 17.2 Å². The summed E-state index contributed by atoms with van der Waals surface area (Å²) in [5.74, 6) is -0.254. The van der Waals surface area contributed by atoms with Crippen LogP contribution < -0.4 is 5.73 Å². The highest BCUT2D eigenvalue weighted by molar-refractivity contribution is 6.32. The van der Waals surface area contributed by atoms with Crippen molar-refractivity contribution in [2.45, 2.75) is 19.4 Å². The molecule has 17 heavy (non-hydrogen) atoms. The van der Waals surface area contributed by atoms with Gasteiger partial charge in [0.25, 0.3) is 5.91 Å². The van der Waals surface area contributed by atoms with E-state index in [1.54, 1.807) is 14.0 Å². The molecule has 1 aromatic rings. The second-order valence-electron chi connectivity index (χ2n) is 3.97. The minimum atomic E-state index is -0.445. The Hall–Kier alpha value is -1.33. The first-order chi connectivity index (χ1) is 7.91. The minimum absolute atomic E-state index is 0.132. The van der Waals surface area contributed by atoms with E-state index < -0.39 is 6.10 Å². The molecule has 3 N–H and O–H groups in total. The molecule has 1 heterocycles. The van der Waals surface area contributed by atoms with E-state index >= 15 is 0 Å². The summed E-state index contributed by atoms with van der Waals surface area (Å²) in [4.78, 5) is 17.3. The zero-order valence-corrected chi connectivity index (χ0v) is 10.6. The number of amides is 1. The second-order valence-corrected chi connectivity index (χ2v) is 4.33. The molecular formula is C11H16ClN3O2. The van der Waals surface area contributed by atoms with Crippen LogP contribution >= 0.6 is 11.6 Å². The Morgan fingerprint density at radius 1 is 1.71 bits per heavy atom. The van der Waals surface area contributed by atoms with Crippen LogP contribution in [0.1, 0.15) is 23.7 Å². The van der Waals surface area contributed by atoms with E-state index in [9.17, 15) is 4.79 Å². The van der Waals surface area contributed by atoms with E-state index in [-0.39, 0.29) is 16.6 Å². The summed E-state index contributed by atoms with van der Waals surface area (Å²) in [5.41, 5.74) is 6.22. The molecule has 0 bridgehead atoms. The Morgan fingerprint density at radius 3 is 2.94 bits per heavy atom. The molecule has 5 nitrogen and oxygen atoms in total. The summed E-state index contributed by atoms with van der Waals surface area (Å²) in [7, 11) is 1.64. The molecule has 1 rings (SSSR count). The van der Waals surface area contributed by atoms with E-state index in [0.717, 1.165) is 0 Å². The maximum absolute atomic E-state index is 12.0. The van der Waals surface area contributed by atoms with Crippen molar-refractivity contribution in [2.75, 3.05) is 19.3 Å². The lowest BCUT2D eigenvalue weighted by atomic mass is 10.2. The molecule has 94 valence electrons. The highest BCUT2D eigenvalue weighted by atomic mass is 35.5. The Labute approximate surface area is 105 Å². The van der Waals surface area contributed by atoms with Gasteiger partial charge in [-0.15, -0.1) is 0 Å². The van der Waals surface area contributed by atoms with Gasteiger partial charge in [-0.2, -0.15) is 0 Å². The number of pyridine rings is 1. The van der Waals surface area contributed by atoms with Crippen LogP contribution in [0.25, 0.3) is 0 Å². The van der Waals surface area contributed by atoms with Crippen LogP contribution in [0.3, 0.4) is 0 Å². The number of nitrogen functional groups attached to an aromatic ring is 1. The number of halogens is 1. The van der Waals surface area contributed by atoms with Crippen LogP contribution in [0.2, 0.25) is 5.15 Å². The fourth-order valence-electron chi connectivity index (χ4n) is 1.30. The van der Waals surface area contributed by atoms with E-state index in [0.29, 0.717) is 18.7 Å². The molecule has 1 aromatic heterocycles. The average Bonchev–Trinajstić information content (AvgIpc) is 2.28. The molecule has 0 saturated heterocycles. The Morgan fingerprint density at radius 2 is 2.35 bits per heavy atom. The predicted molar refractivity (Wildman–Crippen MR) is 66.9 cm³/mol. The van der Waals surface area contributed by atoms with E-state index in [4.69, 9.17) is 22.4 Å². The molecule has 0 aliphatic rings. The Bertz CT molecular complexity index is 410. The molecule has 0 aromatic carbocycles. The van der Waals surface area contributed by atoms with E-state index in [1.807, 2.05) is 0 Å². The number of aromatic nitrogens is 1. The van der Waals surface area contributed by atoms with Gasteiger partial charge in [0.1, 0.15) is 5.15 Å². The number of hydrogen-bond donors (Lipinski definition) is 2. The van der Waals surface area contributed by atoms with Crippen LogP contribution in [-0.2, 0) is 0 Å². The third-order valence-electron chi connectivity index (χ3n) is 2.32. The normalized spacial score (nSPS) is 12.2. The number of aliphatic hydroxyl groups is 1. The van der Waals surface area contributed by atoms with Crippen molar-refractivity contribution in [3.8, 4) is 0 Å². The lowest BCUT2D eigenvalue weighted by molar-refractivity contribution is 0.0769. The summed E-state index contributed by atoms with van der Waals surface area (Å²) < 4.78 is 0. The summed E-state index contributed by atoms with van der Waals surface area (Å²) in [5, 5.41) is 9.29. The Balaban J connectivity index is 2.78. The van der Waals surface area contributed by atoms with Crippen LogP contribution in [0.15, 0.2) is 12.3 Å². The fraction of sp³-hybridized carbons (Fsp3) is 0.455. The van der Waals surface area contributed by atoms with Gasteiger partial charge in [-0.05, 0) is 19.4 Å². The van der Waals surface area contributed by atoms with Gasteiger partial charge in [-0.25, -0.2) is 4.98 Å². The SMILES string of the molecule is CC(O)CCN(C)C(=O)c1cc(N)cnc1Cl. The standard InChI is InChI=1S/C11H16ClN3O2/c1-7(16)3-4-15(2)11(17)9-5-8(13)6-14-10(9)12/h5-7,16H,3-4,13H2,1-2H3. The van der Waals surface area contributed by atoms with Crippen molar-refractivity contribution in [3.05, 3.63) is 23.0 Å². The fourth-order valence-corrected chi connectivity index (χ4v) is 1.49. The number of aliphatic hydroxyl groups excluding tert-OH is 1. The summed E-state index contributed by atoms with van der Waals surface area (Å²) in [6, 6.07) is 1.50.